The standard InChI is InChI=1S/C16H22/c1-2-3-9-14-12-7-8-13-16(14)15-10-5-4-6-11-15/h4-8,10,12,15-16H,2-3,9,11,13H2,1H3. The molecule has 0 radical (unpaired) electrons. The van der Waals surface area contributed by atoms with E-state index in [0.29, 0.717) is 0 Å². The zero-order valence-corrected chi connectivity index (χ0v) is 10.2. The molecule has 0 saturated heterocycles. The summed E-state index contributed by atoms with van der Waals surface area (Å²) in [7, 11) is 0. The Morgan fingerprint density at radius 3 is 2.75 bits per heavy atom. The van der Waals surface area contributed by atoms with Gasteiger partial charge in [0.1, 0.15) is 0 Å². The maximum absolute atomic E-state index is 2.39. The summed E-state index contributed by atoms with van der Waals surface area (Å²) in [5.41, 5.74) is 1.68. The third-order valence-corrected chi connectivity index (χ3v) is 3.66. The van der Waals surface area contributed by atoms with Crippen LogP contribution >= 0.6 is 0 Å². The van der Waals surface area contributed by atoms with E-state index in [1.165, 1.54) is 32.1 Å². The summed E-state index contributed by atoms with van der Waals surface area (Å²) in [6, 6.07) is 0. The van der Waals surface area contributed by atoms with Crippen molar-refractivity contribution in [2.24, 2.45) is 11.8 Å². The van der Waals surface area contributed by atoms with Crippen molar-refractivity contribution in [2.75, 3.05) is 0 Å². The molecule has 0 aromatic rings. The summed E-state index contributed by atoms with van der Waals surface area (Å²) >= 11 is 0. The lowest BCUT2D eigenvalue weighted by Gasteiger charge is -2.28. The van der Waals surface area contributed by atoms with Gasteiger partial charge in [-0.3, -0.25) is 0 Å². The lowest BCUT2D eigenvalue weighted by molar-refractivity contribution is 0.438. The average molecular weight is 214 g/mol. The SMILES string of the molecule is CCCCC1=CC=CCC1C1C=CC=CC1. The molecule has 2 unspecified atom stereocenters. The van der Waals surface area contributed by atoms with E-state index in [1.807, 2.05) is 0 Å². The van der Waals surface area contributed by atoms with Crippen molar-refractivity contribution >= 4 is 0 Å². The van der Waals surface area contributed by atoms with Crippen molar-refractivity contribution in [1.82, 2.24) is 0 Å². The molecule has 0 N–H and O–H groups in total. The zero-order valence-electron chi connectivity index (χ0n) is 10.2. The molecule has 0 amide bonds. The largest absolute Gasteiger partial charge is 0.0839 e. The van der Waals surface area contributed by atoms with Gasteiger partial charge in [0.25, 0.3) is 0 Å². The van der Waals surface area contributed by atoms with Gasteiger partial charge in [0.15, 0.2) is 0 Å². The van der Waals surface area contributed by atoms with E-state index in [1.54, 1.807) is 5.57 Å². The first kappa shape index (κ1) is 11.4. The zero-order chi connectivity index (χ0) is 11.2. The molecule has 0 aromatic carbocycles. The molecular weight excluding hydrogens is 192 g/mol. The molecule has 0 aromatic heterocycles. The molecule has 2 rings (SSSR count). The highest BCUT2D eigenvalue weighted by molar-refractivity contribution is 5.25. The highest BCUT2D eigenvalue weighted by atomic mass is 14.3. The molecule has 0 heterocycles. The molecule has 86 valence electrons. The fraction of sp³-hybridized carbons (Fsp3) is 0.500. The summed E-state index contributed by atoms with van der Waals surface area (Å²) in [6.45, 7) is 2.28. The van der Waals surface area contributed by atoms with Crippen molar-refractivity contribution in [3.8, 4) is 0 Å². The van der Waals surface area contributed by atoms with Crippen molar-refractivity contribution in [3.63, 3.8) is 0 Å². The Bertz CT molecular complexity index is 328. The van der Waals surface area contributed by atoms with Crippen LogP contribution in [-0.4, -0.2) is 0 Å². The van der Waals surface area contributed by atoms with Crippen LogP contribution in [0.4, 0.5) is 0 Å². The molecule has 0 fully saturated rings. The summed E-state index contributed by atoms with van der Waals surface area (Å²) in [4.78, 5) is 0. The van der Waals surface area contributed by atoms with E-state index < -0.39 is 0 Å². The second-order valence-electron chi connectivity index (χ2n) is 4.83. The lowest BCUT2D eigenvalue weighted by Crippen LogP contribution is -2.17. The van der Waals surface area contributed by atoms with Gasteiger partial charge in [0.2, 0.25) is 0 Å². The van der Waals surface area contributed by atoms with Gasteiger partial charge < -0.3 is 0 Å². The highest BCUT2D eigenvalue weighted by Crippen LogP contribution is 2.35. The predicted octanol–water partition coefficient (Wildman–Crippen LogP) is 4.81. The Kier molecular flexibility index (Phi) is 4.21. The number of hydrogen-bond acceptors (Lipinski definition) is 0. The van der Waals surface area contributed by atoms with Crippen molar-refractivity contribution in [1.29, 1.82) is 0 Å². The van der Waals surface area contributed by atoms with E-state index in [2.05, 4.69) is 49.5 Å². The van der Waals surface area contributed by atoms with E-state index >= 15 is 0 Å². The minimum atomic E-state index is 0.734. The van der Waals surface area contributed by atoms with Gasteiger partial charge in [-0.05, 0) is 37.5 Å². The highest BCUT2D eigenvalue weighted by Gasteiger charge is 2.22. The quantitative estimate of drug-likeness (QED) is 0.630. The number of rotatable bonds is 4. The van der Waals surface area contributed by atoms with Gasteiger partial charge in [-0.1, -0.05) is 61.4 Å². The average Bonchev–Trinajstić information content (AvgIpc) is 2.38. The molecular formula is C16H22. The van der Waals surface area contributed by atoms with Gasteiger partial charge in [0.05, 0.1) is 0 Å². The molecule has 2 aliphatic carbocycles. The smallest absolute Gasteiger partial charge is 0.00994 e. The molecule has 0 heteroatoms. The summed E-state index contributed by atoms with van der Waals surface area (Å²) < 4.78 is 0. The van der Waals surface area contributed by atoms with E-state index in [-0.39, 0.29) is 0 Å². The van der Waals surface area contributed by atoms with Crippen LogP contribution in [0.25, 0.3) is 0 Å². The van der Waals surface area contributed by atoms with Gasteiger partial charge in [-0.25, -0.2) is 0 Å². The molecule has 16 heavy (non-hydrogen) atoms. The first-order valence-electron chi connectivity index (χ1n) is 6.60. The van der Waals surface area contributed by atoms with E-state index in [4.69, 9.17) is 0 Å². The minimum Gasteiger partial charge on any atom is -0.0839 e. The summed E-state index contributed by atoms with van der Waals surface area (Å²) in [5.74, 6) is 1.50. The number of unbranched alkanes of at least 4 members (excludes halogenated alkanes) is 1. The van der Waals surface area contributed by atoms with E-state index in [0.717, 1.165) is 11.8 Å². The lowest BCUT2D eigenvalue weighted by atomic mass is 9.76. The minimum absolute atomic E-state index is 0.734. The van der Waals surface area contributed by atoms with Gasteiger partial charge >= 0.3 is 0 Å². The van der Waals surface area contributed by atoms with Crippen LogP contribution in [0.5, 0.6) is 0 Å². The molecule has 0 spiro atoms. The maximum atomic E-state index is 2.39. The van der Waals surface area contributed by atoms with Crippen LogP contribution < -0.4 is 0 Å². The first-order valence-corrected chi connectivity index (χ1v) is 6.60. The third kappa shape index (κ3) is 2.75. The van der Waals surface area contributed by atoms with Gasteiger partial charge in [0, 0.05) is 0 Å². The van der Waals surface area contributed by atoms with Gasteiger partial charge in [-0.2, -0.15) is 0 Å². The molecule has 2 aliphatic rings. The Morgan fingerprint density at radius 2 is 2.00 bits per heavy atom. The Hall–Kier alpha value is -1.04. The van der Waals surface area contributed by atoms with Crippen molar-refractivity contribution in [2.45, 2.75) is 39.0 Å². The predicted molar refractivity (Wildman–Crippen MR) is 71.2 cm³/mol. The Morgan fingerprint density at radius 1 is 1.12 bits per heavy atom. The second kappa shape index (κ2) is 5.89. The maximum Gasteiger partial charge on any atom is -0.00994 e. The third-order valence-electron chi connectivity index (χ3n) is 3.66. The van der Waals surface area contributed by atoms with E-state index in [9.17, 15) is 0 Å². The Balaban J connectivity index is 2.02. The van der Waals surface area contributed by atoms with Gasteiger partial charge in [-0.15, -0.1) is 0 Å². The fourth-order valence-electron chi connectivity index (χ4n) is 2.69. The second-order valence-corrected chi connectivity index (χ2v) is 4.83. The van der Waals surface area contributed by atoms with Crippen molar-refractivity contribution < 1.29 is 0 Å². The topological polar surface area (TPSA) is 0 Å². The summed E-state index contributed by atoms with van der Waals surface area (Å²) in [6.07, 6.45) is 22.4. The van der Waals surface area contributed by atoms with Crippen LogP contribution in [0.2, 0.25) is 0 Å². The number of allylic oxidation sites excluding steroid dienone is 8. The van der Waals surface area contributed by atoms with Crippen LogP contribution in [-0.2, 0) is 0 Å². The normalized spacial score (nSPS) is 28.2. The fourth-order valence-corrected chi connectivity index (χ4v) is 2.69. The molecule has 0 aliphatic heterocycles. The van der Waals surface area contributed by atoms with Crippen LogP contribution in [0.3, 0.4) is 0 Å². The van der Waals surface area contributed by atoms with Crippen LogP contribution in [0, 0.1) is 11.8 Å². The first-order chi connectivity index (χ1) is 7.92. The molecule has 0 nitrogen and oxygen atoms in total. The Labute approximate surface area is 99.4 Å². The molecule has 0 saturated carbocycles. The summed E-state index contributed by atoms with van der Waals surface area (Å²) in [5, 5.41) is 0. The van der Waals surface area contributed by atoms with Crippen LogP contribution in [0.15, 0.2) is 48.1 Å². The van der Waals surface area contributed by atoms with Crippen molar-refractivity contribution in [3.05, 3.63) is 48.1 Å². The molecule has 0 bridgehead atoms. The monoisotopic (exact) mass is 214 g/mol. The van der Waals surface area contributed by atoms with Crippen LogP contribution in [0.1, 0.15) is 39.0 Å². The number of hydrogen-bond donors (Lipinski definition) is 0. The molecule has 2 atom stereocenters.